The molecule has 2 nitrogen and oxygen atoms in total. The lowest BCUT2D eigenvalue weighted by molar-refractivity contribution is -0.147. The number of fused-ring (bicyclic) bond motifs is 5. The van der Waals surface area contributed by atoms with E-state index in [4.69, 9.17) is 4.74 Å². The lowest BCUT2D eigenvalue weighted by atomic mass is 9.45. The maximum absolute atomic E-state index is 11.5. The minimum Gasteiger partial charge on any atom is -0.458 e. The first-order chi connectivity index (χ1) is 14.6. The Labute approximate surface area is 192 Å². The summed E-state index contributed by atoms with van der Waals surface area (Å²) in [6.45, 7) is 14.1. The van der Waals surface area contributed by atoms with E-state index >= 15 is 0 Å². The van der Waals surface area contributed by atoms with Crippen molar-refractivity contribution >= 4 is 5.97 Å². The second-order valence-electron chi connectivity index (χ2n) is 12.8. The topological polar surface area (TPSA) is 26.3 Å². The number of carbonyl (C=O) groups is 1. The largest absolute Gasteiger partial charge is 0.458 e. The van der Waals surface area contributed by atoms with E-state index in [1.54, 1.807) is 6.92 Å². The molecule has 0 aromatic rings. The molecule has 0 radical (unpaired) electrons. The van der Waals surface area contributed by atoms with Gasteiger partial charge in [0.1, 0.15) is 6.10 Å². The van der Waals surface area contributed by atoms with E-state index in [9.17, 15) is 4.79 Å². The summed E-state index contributed by atoms with van der Waals surface area (Å²) in [5.74, 6) is 5.87. The highest BCUT2D eigenvalue weighted by Crippen LogP contribution is 2.67. The standard InChI is InChI=1S/C29H48O2/c1-19(2)8-7-9-20(3)25-12-13-26-24-11-10-22-18-23(31-21(4)30)14-16-28(22,5)27(24)15-17-29(25,26)6/h14,16,19-20,22-27H,7-13,15,17-18H2,1-6H3/t20-,22+,23-,24+,25-,26-,27-,28+,29+/m1/s1. The number of rotatable bonds is 6. The first-order valence-electron chi connectivity index (χ1n) is 13.5. The molecule has 3 fully saturated rings. The predicted octanol–water partition coefficient (Wildman–Crippen LogP) is 7.82. The van der Waals surface area contributed by atoms with Crippen molar-refractivity contribution in [1.82, 2.24) is 0 Å². The molecule has 0 aromatic carbocycles. The molecule has 0 bridgehead atoms. The fourth-order valence-electron chi connectivity index (χ4n) is 9.10. The molecule has 2 heteroatoms. The summed E-state index contributed by atoms with van der Waals surface area (Å²) in [5, 5.41) is 0. The van der Waals surface area contributed by atoms with E-state index < -0.39 is 0 Å². The Hall–Kier alpha value is -0.790. The highest BCUT2D eigenvalue weighted by Gasteiger charge is 2.60. The Bertz CT molecular complexity index is 680. The zero-order valence-corrected chi connectivity index (χ0v) is 21.2. The predicted molar refractivity (Wildman–Crippen MR) is 129 cm³/mol. The Morgan fingerprint density at radius 3 is 2.52 bits per heavy atom. The summed E-state index contributed by atoms with van der Waals surface area (Å²) >= 11 is 0. The van der Waals surface area contributed by atoms with Crippen molar-refractivity contribution in [1.29, 1.82) is 0 Å². The zero-order chi connectivity index (χ0) is 22.4. The van der Waals surface area contributed by atoms with Crippen molar-refractivity contribution in [3.63, 3.8) is 0 Å². The van der Waals surface area contributed by atoms with Gasteiger partial charge in [0.05, 0.1) is 0 Å². The van der Waals surface area contributed by atoms with Gasteiger partial charge in [-0.2, -0.15) is 0 Å². The Balaban J connectivity index is 1.46. The Morgan fingerprint density at radius 1 is 1.03 bits per heavy atom. The van der Waals surface area contributed by atoms with Gasteiger partial charge in [0.15, 0.2) is 0 Å². The van der Waals surface area contributed by atoms with Gasteiger partial charge in [0, 0.05) is 6.92 Å². The molecule has 0 heterocycles. The summed E-state index contributed by atoms with van der Waals surface area (Å²) in [4.78, 5) is 11.5. The van der Waals surface area contributed by atoms with Crippen molar-refractivity contribution in [3.05, 3.63) is 12.2 Å². The van der Waals surface area contributed by atoms with Crippen LogP contribution < -0.4 is 0 Å². The van der Waals surface area contributed by atoms with Crippen LogP contribution in [0.3, 0.4) is 0 Å². The van der Waals surface area contributed by atoms with E-state index in [-0.39, 0.29) is 12.1 Å². The van der Waals surface area contributed by atoms with Crippen LogP contribution in [-0.4, -0.2) is 12.1 Å². The lowest BCUT2D eigenvalue weighted by Gasteiger charge is -2.59. The third kappa shape index (κ3) is 4.26. The van der Waals surface area contributed by atoms with Crippen LogP contribution in [0.25, 0.3) is 0 Å². The molecule has 9 atom stereocenters. The summed E-state index contributed by atoms with van der Waals surface area (Å²) in [6, 6.07) is 0. The van der Waals surface area contributed by atoms with E-state index in [2.05, 4.69) is 46.8 Å². The van der Waals surface area contributed by atoms with Crippen LogP contribution in [0.5, 0.6) is 0 Å². The molecule has 0 N–H and O–H groups in total. The molecule has 176 valence electrons. The van der Waals surface area contributed by atoms with E-state index in [0.717, 1.165) is 41.9 Å². The normalized spacial score (nSPS) is 45.0. The number of esters is 1. The van der Waals surface area contributed by atoms with Crippen LogP contribution in [0.15, 0.2) is 12.2 Å². The zero-order valence-electron chi connectivity index (χ0n) is 21.2. The molecule has 0 saturated heterocycles. The number of hydrogen-bond donors (Lipinski definition) is 0. The van der Waals surface area contributed by atoms with E-state index in [1.165, 1.54) is 57.8 Å². The van der Waals surface area contributed by atoms with Gasteiger partial charge >= 0.3 is 5.97 Å². The molecular formula is C29H48O2. The van der Waals surface area contributed by atoms with Crippen LogP contribution in [-0.2, 0) is 9.53 Å². The molecule has 4 aliphatic rings. The van der Waals surface area contributed by atoms with Crippen molar-refractivity contribution < 1.29 is 9.53 Å². The monoisotopic (exact) mass is 428 g/mol. The molecule has 0 unspecified atom stereocenters. The molecule has 3 saturated carbocycles. The molecule has 0 amide bonds. The second kappa shape index (κ2) is 8.86. The molecule has 0 spiro atoms. The minimum absolute atomic E-state index is 0.00327. The highest BCUT2D eigenvalue weighted by atomic mass is 16.5. The average Bonchev–Trinajstić information content (AvgIpc) is 3.05. The van der Waals surface area contributed by atoms with Crippen LogP contribution in [0.2, 0.25) is 0 Å². The quantitative estimate of drug-likeness (QED) is 0.318. The van der Waals surface area contributed by atoms with Crippen molar-refractivity contribution in [2.24, 2.45) is 52.3 Å². The third-order valence-electron chi connectivity index (χ3n) is 10.7. The Kier molecular flexibility index (Phi) is 6.68. The summed E-state index contributed by atoms with van der Waals surface area (Å²) in [5.41, 5.74) is 0.877. The molecule has 4 aliphatic carbocycles. The number of hydrogen-bond acceptors (Lipinski definition) is 2. The van der Waals surface area contributed by atoms with Crippen molar-refractivity contribution in [2.75, 3.05) is 0 Å². The van der Waals surface area contributed by atoms with Crippen LogP contribution >= 0.6 is 0 Å². The molecule has 0 aliphatic heterocycles. The van der Waals surface area contributed by atoms with Gasteiger partial charge < -0.3 is 4.74 Å². The van der Waals surface area contributed by atoms with Gasteiger partial charge in [0.25, 0.3) is 0 Å². The lowest BCUT2D eigenvalue weighted by Crippen LogP contribution is -2.53. The highest BCUT2D eigenvalue weighted by molar-refractivity contribution is 5.66. The molecule has 31 heavy (non-hydrogen) atoms. The first-order valence-corrected chi connectivity index (χ1v) is 13.5. The van der Waals surface area contributed by atoms with Gasteiger partial charge in [-0.1, -0.05) is 60.0 Å². The van der Waals surface area contributed by atoms with Gasteiger partial charge in [0.2, 0.25) is 0 Å². The van der Waals surface area contributed by atoms with Crippen LogP contribution in [0.1, 0.15) is 106 Å². The van der Waals surface area contributed by atoms with Crippen molar-refractivity contribution in [3.8, 4) is 0 Å². The molecule has 0 aromatic heterocycles. The SMILES string of the molecule is CC(=O)O[C@@H]1C=C[C@@]2(C)[C@@H](CC[C@@H]3[C@H]2CC[C@]2(C)[C@@H]3CC[C@@H]2[C@H](C)CCCC(C)C)C1. The first kappa shape index (κ1) is 23.4. The minimum atomic E-state index is -0.139. The number of carbonyl (C=O) groups excluding carboxylic acids is 1. The number of ether oxygens (including phenoxy) is 1. The smallest absolute Gasteiger partial charge is 0.303 e. The Morgan fingerprint density at radius 2 is 1.81 bits per heavy atom. The third-order valence-corrected chi connectivity index (χ3v) is 10.7. The maximum Gasteiger partial charge on any atom is 0.303 e. The average molecular weight is 429 g/mol. The number of allylic oxidation sites excluding steroid dienone is 1. The van der Waals surface area contributed by atoms with Crippen LogP contribution in [0, 0.1) is 52.3 Å². The van der Waals surface area contributed by atoms with Gasteiger partial charge in [-0.25, -0.2) is 0 Å². The van der Waals surface area contributed by atoms with Gasteiger partial charge in [-0.3, -0.25) is 4.79 Å². The van der Waals surface area contributed by atoms with Gasteiger partial charge in [-0.15, -0.1) is 0 Å². The fraction of sp³-hybridized carbons (Fsp3) is 0.897. The van der Waals surface area contributed by atoms with E-state index in [1.807, 2.05) is 0 Å². The summed E-state index contributed by atoms with van der Waals surface area (Å²) < 4.78 is 5.57. The van der Waals surface area contributed by atoms with Crippen molar-refractivity contribution in [2.45, 2.75) is 112 Å². The summed E-state index contributed by atoms with van der Waals surface area (Å²) in [7, 11) is 0. The summed E-state index contributed by atoms with van der Waals surface area (Å²) in [6.07, 6.45) is 18.5. The fourth-order valence-corrected chi connectivity index (χ4v) is 9.10. The maximum atomic E-state index is 11.5. The molecule has 4 rings (SSSR count). The van der Waals surface area contributed by atoms with Gasteiger partial charge in [-0.05, 0) is 103 Å². The second-order valence-corrected chi connectivity index (χ2v) is 12.8. The molecular weight excluding hydrogens is 380 g/mol. The van der Waals surface area contributed by atoms with E-state index in [0.29, 0.717) is 16.7 Å². The van der Waals surface area contributed by atoms with Crippen LogP contribution in [0.4, 0.5) is 0 Å².